The first kappa shape index (κ1) is 19.9. The van der Waals surface area contributed by atoms with Gasteiger partial charge in [-0.3, -0.25) is 0 Å². The van der Waals surface area contributed by atoms with Crippen molar-refractivity contribution in [3.05, 3.63) is 17.1 Å². The van der Waals surface area contributed by atoms with Crippen molar-refractivity contribution in [1.29, 1.82) is 5.41 Å². The molecular formula is C15H30N4. The molecule has 1 rings (SSSR count). The molecule has 0 aliphatic rings. The van der Waals surface area contributed by atoms with Crippen LogP contribution in [-0.2, 0) is 6.42 Å². The second-order valence-corrected chi connectivity index (χ2v) is 3.78. The normalized spacial score (nSPS) is 8.89. The Kier molecular flexibility index (Phi) is 12.2. The van der Waals surface area contributed by atoms with E-state index in [2.05, 4.69) is 29.1 Å². The molecule has 0 atom stereocenters. The lowest BCUT2D eigenvalue weighted by molar-refractivity contribution is 0.859. The average Bonchev–Trinajstić information content (AvgIpc) is 2.42. The summed E-state index contributed by atoms with van der Waals surface area (Å²) in [5, 5.41) is 10.6. The number of hydrogen-bond acceptors (Lipinski definition) is 4. The van der Waals surface area contributed by atoms with E-state index in [0.717, 1.165) is 29.3 Å². The van der Waals surface area contributed by atoms with E-state index in [9.17, 15) is 0 Å². The molecule has 0 aliphatic carbocycles. The highest BCUT2D eigenvalue weighted by molar-refractivity contribution is 5.85. The zero-order chi connectivity index (χ0) is 15.4. The Bertz CT molecular complexity index is 359. The monoisotopic (exact) mass is 266 g/mol. The van der Waals surface area contributed by atoms with Crippen LogP contribution < -0.4 is 5.32 Å². The standard InChI is InChI=1S/C11H18N4.2C2H6/c1-5-10-14-8(4)9(6-12)11(15-10)13-7(2)3;2*1-2/h6-7,12H,5H2,1-4H3,(H,13,14,15);2*1-2H3. The van der Waals surface area contributed by atoms with Gasteiger partial charge in [0.2, 0.25) is 0 Å². The summed E-state index contributed by atoms with van der Waals surface area (Å²) >= 11 is 0. The first-order valence-electron chi connectivity index (χ1n) is 7.23. The molecule has 2 N–H and O–H groups in total. The maximum atomic E-state index is 7.35. The van der Waals surface area contributed by atoms with Crippen LogP contribution in [0.2, 0.25) is 0 Å². The van der Waals surface area contributed by atoms with Gasteiger partial charge in [-0.15, -0.1) is 0 Å². The highest BCUT2D eigenvalue weighted by Gasteiger charge is 2.09. The summed E-state index contributed by atoms with van der Waals surface area (Å²) in [6.07, 6.45) is 2.12. The van der Waals surface area contributed by atoms with E-state index >= 15 is 0 Å². The molecule has 0 aliphatic heterocycles. The summed E-state index contributed by atoms with van der Waals surface area (Å²) < 4.78 is 0. The molecular weight excluding hydrogens is 236 g/mol. The first-order chi connectivity index (χ1) is 9.08. The van der Waals surface area contributed by atoms with Crippen LogP contribution in [-0.4, -0.2) is 22.2 Å². The van der Waals surface area contributed by atoms with Crippen molar-refractivity contribution in [2.75, 3.05) is 5.32 Å². The van der Waals surface area contributed by atoms with Gasteiger partial charge in [0.1, 0.15) is 11.6 Å². The van der Waals surface area contributed by atoms with Gasteiger partial charge in [0.25, 0.3) is 0 Å². The van der Waals surface area contributed by atoms with Crippen molar-refractivity contribution in [2.24, 2.45) is 0 Å². The highest BCUT2D eigenvalue weighted by Crippen LogP contribution is 2.15. The zero-order valence-corrected chi connectivity index (χ0v) is 13.8. The fourth-order valence-corrected chi connectivity index (χ4v) is 1.35. The molecule has 1 aromatic heterocycles. The van der Waals surface area contributed by atoms with Crippen molar-refractivity contribution in [3.63, 3.8) is 0 Å². The van der Waals surface area contributed by atoms with Crippen LogP contribution in [0.3, 0.4) is 0 Å². The van der Waals surface area contributed by atoms with Crippen LogP contribution in [0.15, 0.2) is 0 Å². The van der Waals surface area contributed by atoms with Gasteiger partial charge in [0, 0.05) is 18.7 Å². The van der Waals surface area contributed by atoms with E-state index in [1.807, 2.05) is 41.5 Å². The van der Waals surface area contributed by atoms with Crippen molar-refractivity contribution in [2.45, 2.75) is 67.9 Å². The molecule has 0 radical (unpaired) electrons. The minimum atomic E-state index is 0.308. The number of anilines is 1. The number of nitrogens with zero attached hydrogens (tertiary/aromatic N) is 2. The van der Waals surface area contributed by atoms with E-state index in [-0.39, 0.29) is 0 Å². The Labute approximate surface area is 118 Å². The number of aryl methyl sites for hydroxylation is 2. The predicted octanol–water partition coefficient (Wildman–Crippen LogP) is 4.22. The molecule has 0 fully saturated rings. The van der Waals surface area contributed by atoms with Gasteiger partial charge in [0.15, 0.2) is 0 Å². The highest BCUT2D eigenvalue weighted by atomic mass is 15.0. The van der Waals surface area contributed by atoms with E-state index in [0.29, 0.717) is 6.04 Å². The van der Waals surface area contributed by atoms with Crippen molar-refractivity contribution in [3.8, 4) is 0 Å². The summed E-state index contributed by atoms with van der Waals surface area (Å²) in [6, 6.07) is 0.308. The Morgan fingerprint density at radius 3 is 2.05 bits per heavy atom. The van der Waals surface area contributed by atoms with Crippen LogP contribution in [0.1, 0.15) is 65.5 Å². The first-order valence-corrected chi connectivity index (χ1v) is 7.23. The third-order valence-electron chi connectivity index (χ3n) is 2.07. The number of aromatic nitrogens is 2. The SMILES string of the molecule is CC.CC.CCc1nc(C)c(C=N)c(NC(C)C)n1. The second-order valence-electron chi connectivity index (χ2n) is 3.78. The molecule has 0 unspecified atom stereocenters. The van der Waals surface area contributed by atoms with Crippen LogP contribution in [0.5, 0.6) is 0 Å². The number of nitrogens with one attached hydrogen (secondary N) is 2. The Balaban J connectivity index is 0. The lowest BCUT2D eigenvalue weighted by atomic mass is 10.2. The Hall–Kier alpha value is -1.45. The van der Waals surface area contributed by atoms with E-state index in [1.54, 1.807) is 0 Å². The van der Waals surface area contributed by atoms with Gasteiger partial charge in [-0.05, 0) is 20.8 Å². The largest absolute Gasteiger partial charge is 0.367 e. The molecule has 1 heterocycles. The van der Waals surface area contributed by atoms with Crippen molar-refractivity contribution < 1.29 is 0 Å². The molecule has 0 amide bonds. The van der Waals surface area contributed by atoms with Gasteiger partial charge in [0.05, 0.1) is 11.3 Å². The van der Waals surface area contributed by atoms with Crippen LogP contribution in [0, 0.1) is 12.3 Å². The topological polar surface area (TPSA) is 61.7 Å². The molecule has 4 nitrogen and oxygen atoms in total. The summed E-state index contributed by atoms with van der Waals surface area (Å²) in [5.41, 5.74) is 1.64. The Morgan fingerprint density at radius 2 is 1.68 bits per heavy atom. The fourth-order valence-electron chi connectivity index (χ4n) is 1.35. The minimum absolute atomic E-state index is 0.308. The van der Waals surface area contributed by atoms with Gasteiger partial charge in [-0.2, -0.15) is 0 Å². The average molecular weight is 266 g/mol. The maximum Gasteiger partial charge on any atom is 0.139 e. The quantitative estimate of drug-likeness (QED) is 0.802. The molecule has 1 aromatic rings. The molecule has 0 spiro atoms. The van der Waals surface area contributed by atoms with Crippen molar-refractivity contribution >= 4 is 12.0 Å². The van der Waals surface area contributed by atoms with Gasteiger partial charge in [-0.1, -0.05) is 34.6 Å². The van der Waals surface area contributed by atoms with Crippen LogP contribution in [0.25, 0.3) is 0 Å². The summed E-state index contributed by atoms with van der Waals surface area (Å²) in [5.74, 6) is 1.59. The summed E-state index contributed by atoms with van der Waals surface area (Å²) in [6.45, 7) is 16.0. The van der Waals surface area contributed by atoms with E-state index < -0.39 is 0 Å². The molecule has 0 aromatic carbocycles. The molecule has 4 heteroatoms. The smallest absolute Gasteiger partial charge is 0.139 e. The maximum absolute atomic E-state index is 7.35. The molecule has 0 bridgehead atoms. The van der Waals surface area contributed by atoms with Gasteiger partial charge >= 0.3 is 0 Å². The van der Waals surface area contributed by atoms with Crippen LogP contribution >= 0.6 is 0 Å². The predicted molar refractivity (Wildman–Crippen MR) is 85.5 cm³/mol. The lowest BCUT2D eigenvalue weighted by Crippen LogP contribution is -2.15. The number of hydrogen-bond donors (Lipinski definition) is 2. The van der Waals surface area contributed by atoms with Gasteiger partial charge < -0.3 is 10.7 Å². The third kappa shape index (κ3) is 6.89. The summed E-state index contributed by atoms with van der Waals surface area (Å²) in [4.78, 5) is 8.72. The molecule has 0 saturated heterocycles. The lowest BCUT2D eigenvalue weighted by Gasteiger charge is -2.13. The van der Waals surface area contributed by atoms with Gasteiger partial charge in [-0.25, -0.2) is 9.97 Å². The number of rotatable bonds is 4. The second kappa shape index (κ2) is 11.6. The minimum Gasteiger partial charge on any atom is -0.367 e. The molecule has 19 heavy (non-hydrogen) atoms. The Morgan fingerprint density at radius 1 is 1.16 bits per heavy atom. The fraction of sp³-hybridized carbons (Fsp3) is 0.667. The molecule has 110 valence electrons. The third-order valence-corrected chi connectivity index (χ3v) is 2.07. The van der Waals surface area contributed by atoms with E-state index in [4.69, 9.17) is 5.41 Å². The summed E-state index contributed by atoms with van der Waals surface area (Å²) in [7, 11) is 0. The zero-order valence-electron chi connectivity index (χ0n) is 13.8. The van der Waals surface area contributed by atoms with Crippen molar-refractivity contribution in [1.82, 2.24) is 9.97 Å². The van der Waals surface area contributed by atoms with Crippen LogP contribution in [0.4, 0.5) is 5.82 Å². The molecule has 0 saturated carbocycles. The van der Waals surface area contributed by atoms with E-state index in [1.165, 1.54) is 6.21 Å².